The number of aromatic nitrogens is 3. The van der Waals surface area contributed by atoms with E-state index in [-0.39, 0.29) is 5.41 Å². The first kappa shape index (κ1) is 27.2. The molecule has 0 spiro atoms. The minimum Gasteiger partial charge on any atom is -0.208 e. The molecule has 1 heterocycles. The summed E-state index contributed by atoms with van der Waals surface area (Å²) in [5.41, 5.74) is 10.7. The van der Waals surface area contributed by atoms with Gasteiger partial charge < -0.3 is 0 Å². The summed E-state index contributed by atoms with van der Waals surface area (Å²) in [5.74, 6) is 2.04. The van der Waals surface area contributed by atoms with Gasteiger partial charge in [-0.05, 0) is 45.5 Å². The predicted octanol–water partition coefficient (Wildman–Crippen LogP) is 9.39. The number of rotatable bonds is 5. The van der Waals surface area contributed by atoms with Gasteiger partial charge in [-0.15, -0.1) is 0 Å². The fraction of sp³-hybridized carbons (Fsp3) is 0.154. The zero-order valence-corrected chi connectivity index (χ0v) is 26.4. The molecule has 0 aliphatic heterocycles. The van der Waals surface area contributed by atoms with Crippen molar-refractivity contribution in [2.75, 3.05) is 0 Å². The van der Waals surface area contributed by atoms with Crippen LogP contribution in [0.5, 0.6) is 0 Å². The minimum atomic E-state index is -1.41. The van der Waals surface area contributed by atoms with Crippen LogP contribution in [0.3, 0.4) is 0 Å². The molecule has 0 N–H and O–H groups in total. The van der Waals surface area contributed by atoms with Gasteiger partial charge in [0.05, 0.1) is 8.07 Å². The summed E-state index contributed by atoms with van der Waals surface area (Å²) in [6, 6.07) is 43.2. The highest BCUT2D eigenvalue weighted by Gasteiger charge is 2.35. The first-order valence-electron chi connectivity index (χ1n) is 15.0. The van der Waals surface area contributed by atoms with Gasteiger partial charge >= 0.3 is 0 Å². The second kappa shape index (κ2) is 10.2. The van der Waals surface area contributed by atoms with Gasteiger partial charge in [0.1, 0.15) is 0 Å². The number of benzene rings is 5. The smallest absolute Gasteiger partial charge is 0.164 e. The number of fused-ring (bicyclic) bond motifs is 3. The maximum Gasteiger partial charge on any atom is 0.164 e. The Kier molecular flexibility index (Phi) is 6.48. The predicted molar refractivity (Wildman–Crippen MR) is 182 cm³/mol. The van der Waals surface area contributed by atoms with E-state index in [4.69, 9.17) is 15.0 Å². The lowest BCUT2D eigenvalue weighted by Crippen LogP contribution is -2.37. The SMILES string of the molecule is CC1(C)c2ccccc2-c2ccc(-c3cccc(-c4nc(-c5ccccc5)nc(-c5ccc([Si](C)(C)C)cc5)n4)c3)cc21. The lowest BCUT2D eigenvalue weighted by atomic mass is 9.81. The molecule has 1 aromatic heterocycles. The summed E-state index contributed by atoms with van der Waals surface area (Å²) in [5, 5.41) is 1.42. The van der Waals surface area contributed by atoms with E-state index in [0.29, 0.717) is 17.5 Å². The van der Waals surface area contributed by atoms with E-state index >= 15 is 0 Å². The number of hydrogen-bond donors (Lipinski definition) is 0. The van der Waals surface area contributed by atoms with Gasteiger partial charge in [-0.25, -0.2) is 15.0 Å². The highest BCUT2D eigenvalue weighted by molar-refractivity contribution is 6.88. The molecule has 4 heteroatoms. The average Bonchev–Trinajstić information content (AvgIpc) is 3.27. The molecular weight excluding hydrogens is 539 g/mol. The van der Waals surface area contributed by atoms with Crippen molar-refractivity contribution in [2.24, 2.45) is 0 Å². The molecule has 5 aromatic carbocycles. The zero-order chi connectivity index (χ0) is 29.8. The molecule has 0 saturated heterocycles. The van der Waals surface area contributed by atoms with Crippen molar-refractivity contribution in [3.05, 3.63) is 132 Å². The van der Waals surface area contributed by atoms with E-state index in [2.05, 4.69) is 137 Å². The molecule has 3 nitrogen and oxygen atoms in total. The molecule has 7 rings (SSSR count). The third-order valence-electron chi connectivity index (χ3n) is 8.71. The minimum absolute atomic E-state index is 0.0434. The molecule has 0 unspecified atom stereocenters. The highest BCUT2D eigenvalue weighted by Crippen LogP contribution is 2.49. The van der Waals surface area contributed by atoms with Crippen LogP contribution in [0.1, 0.15) is 25.0 Å². The van der Waals surface area contributed by atoms with Crippen molar-refractivity contribution in [2.45, 2.75) is 38.9 Å². The van der Waals surface area contributed by atoms with Crippen LogP contribution >= 0.6 is 0 Å². The van der Waals surface area contributed by atoms with Crippen molar-refractivity contribution >= 4 is 13.3 Å². The monoisotopic (exact) mass is 573 g/mol. The molecule has 1 aliphatic carbocycles. The summed E-state index contributed by atoms with van der Waals surface area (Å²) in [7, 11) is -1.41. The van der Waals surface area contributed by atoms with E-state index in [1.807, 2.05) is 18.2 Å². The average molecular weight is 574 g/mol. The van der Waals surface area contributed by atoms with Crippen molar-refractivity contribution in [1.82, 2.24) is 15.0 Å². The van der Waals surface area contributed by atoms with Crippen LogP contribution in [-0.2, 0) is 5.41 Å². The Balaban J connectivity index is 1.32. The van der Waals surface area contributed by atoms with E-state index < -0.39 is 8.07 Å². The Bertz CT molecular complexity index is 1970. The number of nitrogens with zero attached hydrogens (tertiary/aromatic N) is 3. The van der Waals surface area contributed by atoms with Gasteiger partial charge in [-0.2, -0.15) is 0 Å². The van der Waals surface area contributed by atoms with Crippen LogP contribution < -0.4 is 5.19 Å². The molecular formula is C39H35N3Si. The summed E-state index contributed by atoms with van der Waals surface area (Å²) in [4.78, 5) is 14.9. The fourth-order valence-corrected chi connectivity index (χ4v) is 7.36. The summed E-state index contributed by atoms with van der Waals surface area (Å²) in [6.45, 7) is 11.7. The van der Waals surface area contributed by atoms with Crippen molar-refractivity contribution in [1.29, 1.82) is 0 Å². The Morgan fingerprint density at radius 1 is 0.442 bits per heavy atom. The molecule has 0 radical (unpaired) electrons. The van der Waals surface area contributed by atoms with Crippen LogP contribution in [0, 0.1) is 0 Å². The zero-order valence-electron chi connectivity index (χ0n) is 25.4. The van der Waals surface area contributed by atoms with Crippen LogP contribution in [0.25, 0.3) is 56.4 Å². The first-order valence-corrected chi connectivity index (χ1v) is 18.5. The molecule has 0 bridgehead atoms. The first-order chi connectivity index (χ1) is 20.7. The third kappa shape index (κ3) is 4.92. The van der Waals surface area contributed by atoms with Crippen LogP contribution in [-0.4, -0.2) is 23.0 Å². The van der Waals surface area contributed by atoms with Gasteiger partial charge in [0, 0.05) is 22.1 Å². The molecule has 210 valence electrons. The Morgan fingerprint density at radius 2 is 0.953 bits per heavy atom. The molecule has 1 aliphatic rings. The normalized spacial score (nSPS) is 13.4. The maximum absolute atomic E-state index is 5.02. The quantitative estimate of drug-likeness (QED) is 0.193. The Labute approximate surface area is 255 Å². The molecule has 0 amide bonds. The molecule has 6 aromatic rings. The Morgan fingerprint density at radius 3 is 1.65 bits per heavy atom. The number of hydrogen-bond acceptors (Lipinski definition) is 3. The van der Waals surface area contributed by atoms with Crippen molar-refractivity contribution in [3.8, 4) is 56.4 Å². The van der Waals surface area contributed by atoms with Gasteiger partial charge in [0.15, 0.2) is 17.5 Å². The van der Waals surface area contributed by atoms with E-state index in [0.717, 1.165) is 22.3 Å². The molecule has 0 fully saturated rings. The second-order valence-corrected chi connectivity index (χ2v) is 18.1. The van der Waals surface area contributed by atoms with Crippen LogP contribution in [0.2, 0.25) is 19.6 Å². The molecule has 43 heavy (non-hydrogen) atoms. The largest absolute Gasteiger partial charge is 0.208 e. The standard InChI is InChI=1S/C39H35N3Si/c1-39(2)34-17-10-9-16-32(34)33-23-20-29(25-35(33)39)28-14-11-15-30(24-28)38-41-36(26-12-7-6-8-13-26)40-37(42-38)27-18-21-31(22-19-27)43(3,4)5/h6-25H,1-5H3. The fourth-order valence-electron chi connectivity index (χ4n) is 6.19. The van der Waals surface area contributed by atoms with Crippen LogP contribution in [0.15, 0.2) is 121 Å². The lowest BCUT2D eigenvalue weighted by Gasteiger charge is -2.22. The van der Waals surface area contributed by atoms with Gasteiger partial charge in [-0.1, -0.05) is 148 Å². The van der Waals surface area contributed by atoms with Gasteiger partial charge in [0.25, 0.3) is 0 Å². The highest BCUT2D eigenvalue weighted by atomic mass is 28.3. The second-order valence-electron chi connectivity index (χ2n) is 13.0. The van der Waals surface area contributed by atoms with E-state index in [1.165, 1.54) is 33.0 Å². The van der Waals surface area contributed by atoms with E-state index in [1.54, 1.807) is 0 Å². The summed E-state index contributed by atoms with van der Waals surface area (Å²) in [6.07, 6.45) is 0. The topological polar surface area (TPSA) is 38.7 Å². The maximum atomic E-state index is 5.02. The van der Waals surface area contributed by atoms with Crippen LogP contribution in [0.4, 0.5) is 0 Å². The van der Waals surface area contributed by atoms with E-state index in [9.17, 15) is 0 Å². The summed E-state index contributed by atoms with van der Waals surface area (Å²) >= 11 is 0. The summed E-state index contributed by atoms with van der Waals surface area (Å²) < 4.78 is 0. The Hall–Kier alpha value is -4.67. The van der Waals surface area contributed by atoms with Gasteiger partial charge in [0.2, 0.25) is 0 Å². The van der Waals surface area contributed by atoms with Crippen molar-refractivity contribution in [3.63, 3.8) is 0 Å². The van der Waals surface area contributed by atoms with Crippen molar-refractivity contribution < 1.29 is 0 Å². The molecule has 0 atom stereocenters. The molecule has 0 saturated carbocycles. The lowest BCUT2D eigenvalue weighted by molar-refractivity contribution is 0.660. The third-order valence-corrected chi connectivity index (χ3v) is 10.8. The van der Waals surface area contributed by atoms with Gasteiger partial charge in [-0.3, -0.25) is 0 Å².